The Hall–Kier alpha value is -1.37. The summed E-state index contributed by atoms with van der Waals surface area (Å²) < 4.78 is 18.3. The molecule has 1 heterocycles. The van der Waals surface area contributed by atoms with Gasteiger partial charge in [-0.3, -0.25) is 9.89 Å². The minimum absolute atomic E-state index is 0.326. The highest BCUT2D eigenvalue weighted by atomic mass is 35.5. The first kappa shape index (κ1) is 18.0. The fourth-order valence-electron chi connectivity index (χ4n) is 2.42. The van der Waals surface area contributed by atoms with E-state index in [-0.39, 0.29) is 5.82 Å². The van der Waals surface area contributed by atoms with Crippen molar-refractivity contribution in [2.24, 2.45) is 10.7 Å². The number of hydrogen-bond donors (Lipinski definition) is 2. The average Bonchev–Trinajstić information content (AvgIpc) is 2.55. The van der Waals surface area contributed by atoms with E-state index < -0.39 is 0 Å². The van der Waals surface area contributed by atoms with E-state index in [2.05, 4.69) is 15.2 Å². The molecule has 0 unspecified atom stereocenters. The first-order valence-electron chi connectivity index (χ1n) is 7.93. The van der Waals surface area contributed by atoms with Crippen molar-refractivity contribution in [3.05, 3.63) is 34.6 Å². The van der Waals surface area contributed by atoms with Crippen LogP contribution in [-0.4, -0.2) is 56.8 Å². The maximum Gasteiger partial charge on any atom is 0.188 e. The molecule has 0 aliphatic carbocycles. The Kier molecular flexibility index (Phi) is 7.58. The minimum Gasteiger partial charge on any atom is -0.379 e. The number of benzene rings is 1. The van der Waals surface area contributed by atoms with Crippen molar-refractivity contribution in [2.75, 3.05) is 45.9 Å². The van der Waals surface area contributed by atoms with Gasteiger partial charge in [0, 0.05) is 37.7 Å². The molecule has 7 heteroatoms. The van der Waals surface area contributed by atoms with E-state index in [1.54, 1.807) is 6.07 Å². The maximum absolute atomic E-state index is 13.0. The quantitative estimate of drug-likeness (QED) is 0.449. The van der Waals surface area contributed by atoms with Crippen molar-refractivity contribution < 1.29 is 9.13 Å². The highest BCUT2D eigenvalue weighted by molar-refractivity contribution is 6.31. The highest BCUT2D eigenvalue weighted by Crippen LogP contribution is 2.17. The molecule has 0 saturated carbocycles. The number of nitrogens with one attached hydrogen (secondary N) is 1. The third-order valence-electron chi connectivity index (χ3n) is 3.73. The first-order valence-corrected chi connectivity index (χ1v) is 8.31. The van der Waals surface area contributed by atoms with Gasteiger partial charge in [-0.25, -0.2) is 4.39 Å². The summed E-state index contributed by atoms with van der Waals surface area (Å²) in [5, 5.41) is 3.49. The van der Waals surface area contributed by atoms with Gasteiger partial charge in [0.2, 0.25) is 0 Å². The first-order chi connectivity index (χ1) is 11.1. The molecule has 0 atom stereocenters. The smallest absolute Gasteiger partial charge is 0.188 e. The zero-order chi connectivity index (χ0) is 16.5. The summed E-state index contributed by atoms with van der Waals surface area (Å²) in [6.07, 6.45) is 1.65. The molecule has 3 N–H and O–H groups in total. The van der Waals surface area contributed by atoms with Crippen LogP contribution < -0.4 is 11.1 Å². The molecular formula is C16H24ClFN4O. The van der Waals surface area contributed by atoms with Crippen molar-refractivity contribution in [2.45, 2.75) is 12.8 Å². The van der Waals surface area contributed by atoms with Crippen LogP contribution in [0.3, 0.4) is 0 Å². The number of hydrogen-bond acceptors (Lipinski definition) is 3. The highest BCUT2D eigenvalue weighted by Gasteiger charge is 2.08. The molecule has 128 valence electrons. The molecule has 1 aromatic rings. The topological polar surface area (TPSA) is 62.9 Å². The van der Waals surface area contributed by atoms with E-state index in [1.165, 1.54) is 12.1 Å². The van der Waals surface area contributed by atoms with Crippen LogP contribution in [0.2, 0.25) is 5.02 Å². The lowest BCUT2D eigenvalue weighted by atomic mass is 10.1. The van der Waals surface area contributed by atoms with Crippen molar-refractivity contribution in [3.8, 4) is 0 Å². The summed E-state index contributed by atoms with van der Waals surface area (Å²) in [5.41, 5.74) is 6.72. The lowest BCUT2D eigenvalue weighted by Crippen LogP contribution is -2.37. The van der Waals surface area contributed by atoms with Gasteiger partial charge >= 0.3 is 0 Å². The Morgan fingerprint density at radius 3 is 2.91 bits per heavy atom. The predicted octanol–water partition coefficient (Wildman–Crippen LogP) is 1.65. The van der Waals surface area contributed by atoms with Crippen LogP contribution in [0, 0.1) is 5.82 Å². The number of nitrogens with two attached hydrogens (primary N) is 1. The second-order valence-corrected chi connectivity index (χ2v) is 5.89. The number of nitrogens with zero attached hydrogens (tertiary/aromatic N) is 2. The summed E-state index contributed by atoms with van der Waals surface area (Å²) in [4.78, 5) is 6.68. The van der Waals surface area contributed by atoms with Gasteiger partial charge in [0.25, 0.3) is 0 Å². The number of morpholine rings is 1. The van der Waals surface area contributed by atoms with Crippen LogP contribution in [-0.2, 0) is 11.2 Å². The van der Waals surface area contributed by atoms with E-state index in [4.69, 9.17) is 22.1 Å². The van der Waals surface area contributed by atoms with Crippen LogP contribution in [0.25, 0.3) is 0 Å². The van der Waals surface area contributed by atoms with Crippen LogP contribution in [0.15, 0.2) is 23.2 Å². The molecule has 0 bridgehead atoms. The van der Waals surface area contributed by atoms with E-state index >= 15 is 0 Å². The zero-order valence-electron chi connectivity index (χ0n) is 13.2. The molecule has 23 heavy (non-hydrogen) atoms. The van der Waals surface area contributed by atoms with E-state index in [9.17, 15) is 4.39 Å². The molecule has 0 radical (unpaired) electrons. The summed E-state index contributed by atoms with van der Waals surface area (Å²) in [7, 11) is 0. The molecule has 1 aromatic carbocycles. The fraction of sp³-hybridized carbons (Fsp3) is 0.562. The molecule has 0 amide bonds. The lowest BCUT2D eigenvalue weighted by Gasteiger charge is -2.26. The van der Waals surface area contributed by atoms with Gasteiger partial charge < -0.3 is 15.8 Å². The van der Waals surface area contributed by atoms with E-state index in [0.717, 1.165) is 44.8 Å². The Morgan fingerprint density at radius 1 is 1.39 bits per heavy atom. The lowest BCUT2D eigenvalue weighted by molar-refractivity contribution is 0.0377. The molecular weight excluding hydrogens is 319 g/mol. The summed E-state index contributed by atoms with van der Waals surface area (Å²) in [6, 6.07) is 4.42. The molecule has 1 fully saturated rings. The van der Waals surface area contributed by atoms with Crippen molar-refractivity contribution in [3.63, 3.8) is 0 Å². The van der Waals surface area contributed by atoms with Gasteiger partial charge in [-0.2, -0.15) is 0 Å². The second kappa shape index (κ2) is 9.70. The molecule has 0 aromatic heterocycles. The van der Waals surface area contributed by atoms with E-state index in [1.807, 2.05) is 0 Å². The molecule has 2 rings (SSSR count). The summed E-state index contributed by atoms with van der Waals surface area (Å²) in [5.74, 6) is 0.110. The predicted molar refractivity (Wildman–Crippen MR) is 91.5 cm³/mol. The van der Waals surface area contributed by atoms with Crippen LogP contribution in [0.5, 0.6) is 0 Å². The Morgan fingerprint density at radius 2 is 2.17 bits per heavy atom. The third-order valence-corrected chi connectivity index (χ3v) is 4.09. The van der Waals surface area contributed by atoms with Gasteiger partial charge in [0.1, 0.15) is 5.82 Å². The normalized spacial score (nSPS) is 16.5. The van der Waals surface area contributed by atoms with Crippen molar-refractivity contribution in [1.29, 1.82) is 0 Å². The van der Waals surface area contributed by atoms with Gasteiger partial charge in [-0.1, -0.05) is 17.7 Å². The molecule has 5 nitrogen and oxygen atoms in total. The fourth-order valence-corrected chi connectivity index (χ4v) is 2.69. The van der Waals surface area contributed by atoms with Gasteiger partial charge in [0.05, 0.1) is 13.2 Å². The summed E-state index contributed by atoms with van der Waals surface area (Å²) >= 11 is 5.98. The number of guanidine groups is 1. The SMILES string of the molecule is NC(=NCCCN1CCOCC1)NCCc1ccc(F)cc1Cl. The minimum atomic E-state index is -0.326. The monoisotopic (exact) mass is 342 g/mol. The Labute approximate surface area is 141 Å². The number of ether oxygens (including phenoxy) is 1. The Bertz CT molecular complexity index is 521. The molecule has 1 aliphatic heterocycles. The average molecular weight is 343 g/mol. The third kappa shape index (κ3) is 6.72. The standard InChI is InChI=1S/C16H24ClFN4O/c17-15-12-14(18)3-2-13(15)4-6-21-16(19)20-5-1-7-22-8-10-23-11-9-22/h2-3,12H,1,4-11H2,(H3,19,20,21). The molecule has 1 aliphatic rings. The second-order valence-electron chi connectivity index (χ2n) is 5.49. The number of aliphatic imine (C=N–C) groups is 1. The van der Waals surface area contributed by atoms with Gasteiger partial charge in [0.15, 0.2) is 5.96 Å². The zero-order valence-corrected chi connectivity index (χ0v) is 14.0. The van der Waals surface area contributed by atoms with Crippen molar-refractivity contribution >= 4 is 17.6 Å². The summed E-state index contributed by atoms with van der Waals surface area (Å²) in [6.45, 7) is 5.96. The number of rotatable bonds is 7. The van der Waals surface area contributed by atoms with Gasteiger partial charge in [-0.15, -0.1) is 0 Å². The largest absolute Gasteiger partial charge is 0.379 e. The van der Waals surface area contributed by atoms with Gasteiger partial charge in [-0.05, 0) is 30.5 Å². The molecule has 0 spiro atoms. The maximum atomic E-state index is 13.0. The van der Waals surface area contributed by atoms with Crippen LogP contribution in [0.1, 0.15) is 12.0 Å². The van der Waals surface area contributed by atoms with Crippen molar-refractivity contribution in [1.82, 2.24) is 10.2 Å². The number of halogens is 2. The van der Waals surface area contributed by atoms with E-state index in [0.29, 0.717) is 30.5 Å². The van der Waals surface area contributed by atoms with Crippen LogP contribution >= 0.6 is 11.6 Å². The Balaban J connectivity index is 1.60. The van der Waals surface area contributed by atoms with Crippen LogP contribution in [0.4, 0.5) is 4.39 Å². The molecule has 1 saturated heterocycles.